The summed E-state index contributed by atoms with van der Waals surface area (Å²) in [5.41, 5.74) is -0.316. The average molecular weight is 607 g/mol. The molecule has 0 bridgehead atoms. The lowest BCUT2D eigenvalue weighted by Crippen LogP contribution is -2.21. The van der Waals surface area contributed by atoms with Crippen molar-refractivity contribution >= 4 is 40.3 Å². The van der Waals surface area contributed by atoms with Gasteiger partial charge in [-0.2, -0.15) is 22.9 Å². The van der Waals surface area contributed by atoms with Crippen LogP contribution in [-0.2, 0) is 11.0 Å². The largest absolute Gasteiger partial charge is 0.493 e. The fourth-order valence-corrected chi connectivity index (χ4v) is 4.32. The molecule has 1 amide bonds. The van der Waals surface area contributed by atoms with Gasteiger partial charge in [-0.15, -0.1) is 0 Å². The smallest absolute Gasteiger partial charge is 0.416 e. The highest BCUT2D eigenvalue weighted by molar-refractivity contribution is 6.30. The first-order valence-electron chi connectivity index (χ1n) is 12.7. The van der Waals surface area contributed by atoms with Crippen LogP contribution in [0.15, 0.2) is 101 Å². The number of ether oxygens (including phenoxy) is 2. The number of benzene rings is 4. The normalized spacial score (nSPS) is 11.6. The lowest BCUT2D eigenvalue weighted by Gasteiger charge is -2.14. The highest BCUT2D eigenvalue weighted by atomic mass is 35.5. The van der Waals surface area contributed by atoms with Crippen molar-refractivity contribution < 1.29 is 27.4 Å². The van der Waals surface area contributed by atoms with Crippen molar-refractivity contribution in [1.29, 1.82) is 0 Å². The number of methoxy groups -OCH3 is 1. The van der Waals surface area contributed by atoms with Gasteiger partial charge in [0.15, 0.2) is 23.9 Å². The highest BCUT2D eigenvalue weighted by Gasteiger charge is 2.31. The summed E-state index contributed by atoms with van der Waals surface area (Å²) in [6.45, 7) is -0.392. The zero-order chi connectivity index (χ0) is 30.6. The van der Waals surface area contributed by atoms with Crippen molar-refractivity contribution in [2.75, 3.05) is 19.0 Å². The molecule has 218 valence electrons. The molecule has 8 nitrogen and oxygen atoms in total. The van der Waals surface area contributed by atoms with Crippen molar-refractivity contribution in [2.24, 2.45) is 5.10 Å². The first kappa shape index (κ1) is 29.3. The molecule has 0 unspecified atom stereocenters. The molecule has 1 aromatic heterocycles. The molecule has 5 rings (SSSR count). The van der Waals surface area contributed by atoms with E-state index in [0.29, 0.717) is 21.8 Å². The first-order valence-corrected chi connectivity index (χ1v) is 13.1. The molecule has 0 aliphatic heterocycles. The van der Waals surface area contributed by atoms with E-state index in [-0.39, 0.29) is 28.3 Å². The number of fused-ring (bicyclic) bond motifs is 1. The Kier molecular flexibility index (Phi) is 8.44. The molecule has 1 N–H and O–H groups in total. The molecule has 1 heterocycles. The van der Waals surface area contributed by atoms with E-state index in [9.17, 15) is 22.8 Å². The number of para-hydroxylation sites is 2. The third kappa shape index (κ3) is 6.68. The lowest BCUT2D eigenvalue weighted by atomic mass is 10.1. The van der Waals surface area contributed by atoms with E-state index in [1.54, 1.807) is 66.7 Å². The van der Waals surface area contributed by atoms with Crippen LogP contribution in [-0.4, -0.2) is 35.5 Å². The molecular formula is C31H22ClF3N4O4. The minimum absolute atomic E-state index is 0.0378. The van der Waals surface area contributed by atoms with Gasteiger partial charge in [0.1, 0.15) is 0 Å². The number of hydrogen-bond donors (Lipinski definition) is 1. The standard InChI is InChI=1S/C31H22ClF3N4O4/c1-42-26-11-5-7-20(28(26)43-18-27(40)37-23-14-12-22(32)13-15-23)17-36-39-29(19-6-4-8-21(16-19)31(33,34)35)38-25-10-3-2-9-24(25)30(39)41/h2-17H,18H2,1H3,(H,37,40). The number of anilines is 1. The van der Waals surface area contributed by atoms with E-state index in [1.165, 1.54) is 25.5 Å². The quantitative estimate of drug-likeness (QED) is 0.200. The van der Waals surface area contributed by atoms with E-state index in [4.69, 9.17) is 21.1 Å². The topological polar surface area (TPSA) is 94.8 Å². The summed E-state index contributed by atoms with van der Waals surface area (Å²) in [6, 6.07) is 22.3. The Labute approximate surface area is 248 Å². The molecule has 0 saturated heterocycles. The summed E-state index contributed by atoms with van der Waals surface area (Å²) in [7, 11) is 1.42. The molecule has 4 aromatic carbocycles. The minimum atomic E-state index is -4.60. The van der Waals surface area contributed by atoms with E-state index in [2.05, 4.69) is 15.4 Å². The number of alkyl halides is 3. The van der Waals surface area contributed by atoms with E-state index >= 15 is 0 Å². The predicted octanol–water partition coefficient (Wildman–Crippen LogP) is 6.64. The Morgan fingerprint density at radius 3 is 2.51 bits per heavy atom. The zero-order valence-electron chi connectivity index (χ0n) is 22.4. The molecule has 0 atom stereocenters. The van der Waals surface area contributed by atoms with Gasteiger partial charge in [0.2, 0.25) is 0 Å². The maximum Gasteiger partial charge on any atom is 0.416 e. The molecule has 0 saturated carbocycles. The number of nitrogens with one attached hydrogen (secondary N) is 1. The number of aromatic nitrogens is 2. The fourth-order valence-electron chi connectivity index (χ4n) is 4.19. The van der Waals surface area contributed by atoms with Crippen molar-refractivity contribution in [1.82, 2.24) is 9.66 Å². The van der Waals surface area contributed by atoms with Crippen LogP contribution in [0.2, 0.25) is 5.02 Å². The second kappa shape index (κ2) is 12.4. The Bertz CT molecular complexity index is 1890. The Hall–Kier alpha value is -5.16. The first-order chi connectivity index (χ1) is 20.6. The summed E-state index contributed by atoms with van der Waals surface area (Å²) in [4.78, 5) is 30.5. The van der Waals surface area contributed by atoms with Gasteiger partial charge in [0, 0.05) is 21.8 Å². The van der Waals surface area contributed by atoms with E-state index in [1.807, 2.05) is 0 Å². The summed E-state index contributed by atoms with van der Waals surface area (Å²) < 4.78 is 52.6. The van der Waals surface area contributed by atoms with Crippen molar-refractivity contribution in [3.05, 3.63) is 117 Å². The number of hydrogen-bond acceptors (Lipinski definition) is 6. The van der Waals surface area contributed by atoms with E-state index in [0.717, 1.165) is 16.8 Å². The van der Waals surface area contributed by atoms with Crippen LogP contribution in [0.5, 0.6) is 11.5 Å². The van der Waals surface area contributed by atoms with Gasteiger partial charge in [-0.05, 0) is 60.7 Å². The van der Waals surface area contributed by atoms with Crippen LogP contribution in [0.25, 0.3) is 22.3 Å². The van der Waals surface area contributed by atoms with Gasteiger partial charge >= 0.3 is 6.18 Å². The van der Waals surface area contributed by atoms with Crippen molar-refractivity contribution in [3.63, 3.8) is 0 Å². The number of carbonyl (C=O) groups excluding carboxylic acids is 1. The molecule has 43 heavy (non-hydrogen) atoms. The third-order valence-electron chi connectivity index (χ3n) is 6.22. The number of halogens is 4. The van der Waals surface area contributed by atoms with Gasteiger partial charge in [0.05, 0.1) is 29.8 Å². The number of carbonyl (C=O) groups is 1. The molecule has 0 aliphatic carbocycles. The average Bonchev–Trinajstić information content (AvgIpc) is 3.00. The van der Waals surface area contributed by atoms with Gasteiger partial charge < -0.3 is 14.8 Å². The fraction of sp³-hybridized carbons (Fsp3) is 0.0968. The maximum absolute atomic E-state index is 13.5. The molecule has 0 aliphatic rings. The van der Waals surface area contributed by atoms with Crippen LogP contribution in [0.1, 0.15) is 11.1 Å². The number of amides is 1. The molecule has 12 heteroatoms. The van der Waals surface area contributed by atoms with E-state index < -0.39 is 29.8 Å². The monoisotopic (exact) mass is 606 g/mol. The molecular weight excluding hydrogens is 585 g/mol. The molecule has 5 aromatic rings. The highest BCUT2D eigenvalue weighted by Crippen LogP contribution is 2.33. The number of rotatable bonds is 8. The summed E-state index contributed by atoms with van der Waals surface area (Å²) in [5, 5.41) is 7.75. The second-order valence-corrected chi connectivity index (χ2v) is 9.55. The number of nitrogens with zero attached hydrogens (tertiary/aromatic N) is 3. The van der Waals surface area contributed by atoms with Gasteiger partial charge in [0.25, 0.3) is 11.5 Å². The summed E-state index contributed by atoms with van der Waals surface area (Å²) in [5.74, 6) is -0.121. The summed E-state index contributed by atoms with van der Waals surface area (Å²) >= 11 is 5.89. The van der Waals surface area contributed by atoms with Crippen LogP contribution in [0.4, 0.5) is 18.9 Å². The molecule has 0 fully saturated rings. The van der Waals surface area contributed by atoms with Gasteiger partial charge in [-0.3, -0.25) is 9.59 Å². The van der Waals surface area contributed by atoms with Crippen LogP contribution in [0, 0.1) is 0 Å². The minimum Gasteiger partial charge on any atom is -0.493 e. The Morgan fingerprint density at radius 2 is 1.77 bits per heavy atom. The predicted molar refractivity (Wildman–Crippen MR) is 158 cm³/mol. The zero-order valence-corrected chi connectivity index (χ0v) is 23.2. The maximum atomic E-state index is 13.5. The van der Waals surface area contributed by atoms with Crippen LogP contribution in [0.3, 0.4) is 0 Å². The van der Waals surface area contributed by atoms with Gasteiger partial charge in [-0.1, -0.05) is 41.9 Å². The molecule has 0 radical (unpaired) electrons. The van der Waals surface area contributed by atoms with Crippen LogP contribution >= 0.6 is 11.6 Å². The SMILES string of the molecule is COc1cccc(C=Nn2c(-c3cccc(C(F)(F)F)c3)nc3ccccc3c2=O)c1OCC(=O)Nc1ccc(Cl)cc1. The van der Waals surface area contributed by atoms with Crippen LogP contribution < -0.4 is 20.3 Å². The summed E-state index contributed by atoms with van der Waals surface area (Å²) in [6.07, 6.45) is -3.32. The van der Waals surface area contributed by atoms with Gasteiger partial charge in [-0.25, -0.2) is 4.98 Å². The van der Waals surface area contributed by atoms with Crippen molar-refractivity contribution in [3.8, 4) is 22.9 Å². The lowest BCUT2D eigenvalue weighted by molar-refractivity contribution is -0.137. The Morgan fingerprint density at radius 1 is 1.02 bits per heavy atom. The second-order valence-electron chi connectivity index (χ2n) is 9.12. The Balaban J connectivity index is 1.52. The third-order valence-corrected chi connectivity index (χ3v) is 6.47. The van der Waals surface area contributed by atoms with Crippen molar-refractivity contribution in [2.45, 2.75) is 6.18 Å². The molecule has 0 spiro atoms.